The van der Waals surface area contributed by atoms with Crippen molar-refractivity contribution in [3.8, 4) is 0 Å². The molecule has 0 bridgehead atoms. The van der Waals surface area contributed by atoms with Gasteiger partial charge in [-0.15, -0.1) is 0 Å². The molecular weight excluding hydrogens is 264 g/mol. The zero-order valence-electron chi connectivity index (χ0n) is 10.8. The number of aromatic nitrogens is 1. The molecule has 1 atom stereocenters. The van der Waals surface area contributed by atoms with Crippen LogP contribution < -0.4 is 10.2 Å². The van der Waals surface area contributed by atoms with Gasteiger partial charge in [-0.3, -0.25) is 10.1 Å². The van der Waals surface area contributed by atoms with Gasteiger partial charge in [0.2, 0.25) is 0 Å². The molecule has 2 aliphatic heterocycles. The van der Waals surface area contributed by atoms with Gasteiger partial charge in [-0.1, -0.05) is 0 Å². The van der Waals surface area contributed by atoms with Crippen LogP contribution in [0.15, 0.2) is 6.20 Å². The number of nitrogens with one attached hydrogen (secondary N) is 1. The van der Waals surface area contributed by atoms with Gasteiger partial charge >= 0.3 is 5.00 Å². The van der Waals surface area contributed by atoms with Gasteiger partial charge in [-0.25, -0.2) is 4.98 Å². The van der Waals surface area contributed by atoms with E-state index < -0.39 is 0 Å². The average molecular weight is 282 g/mol. The molecule has 2 fully saturated rings. The maximum atomic E-state index is 10.7. The van der Waals surface area contributed by atoms with E-state index in [-0.39, 0.29) is 9.92 Å². The molecule has 0 aliphatic carbocycles. The van der Waals surface area contributed by atoms with Gasteiger partial charge < -0.3 is 10.2 Å². The normalized spacial score (nSPS) is 27.7. The molecule has 1 unspecified atom stereocenters. The van der Waals surface area contributed by atoms with Crippen molar-refractivity contribution in [1.82, 2.24) is 10.3 Å². The maximum Gasteiger partial charge on any atom is 0.345 e. The molecule has 1 aromatic heterocycles. The van der Waals surface area contributed by atoms with Crippen LogP contribution in [0.25, 0.3) is 0 Å². The lowest BCUT2D eigenvalue weighted by atomic mass is 9.74. The van der Waals surface area contributed by atoms with Crippen molar-refractivity contribution >= 4 is 21.5 Å². The molecule has 3 heterocycles. The topological polar surface area (TPSA) is 71.3 Å². The van der Waals surface area contributed by atoms with Crippen LogP contribution in [0, 0.1) is 15.5 Å². The minimum atomic E-state index is -0.358. The van der Waals surface area contributed by atoms with Gasteiger partial charge in [0, 0.05) is 25.0 Å². The Morgan fingerprint density at radius 2 is 2.32 bits per heavy atom. The Morgan fingerprint density at radius 3 is 3.00 bits per heavy atom. The molecule has 0 radical (unpaired) electrons. The molecule has 1 aromatic rings. The molecule has 0 saturated carbocycles. The first-order valence-corrected chi connectivity index (χ1v) is 7.56. The van der Waals surface area contributed by atoms with Crippen molar-refractivity contribution in [3.63, 3.8) is 0 Å². The minimum Gasteiger partial charge on any atom is -0.347 e. The van der Waals surface area contributed by atoms with E-state index in [9.17, 15) is 10.1 Å². The van der Waals surface area contributed by atoms with Crippen LogP contribution in [0.5, 0.6) is 0 Å². The Hall–Kier alpha value is -1.21. The number of nitro groups is 1. The van der Waals surface area contributed by atoms with E-state index in [1.165, 1.54) is 36.8 Å². The van der Waals surface area contributed by atoms with Gasteiger partial charge in [0.05, 0.1) is 4.92 Å². The molecule has 1 spiro atoms. The summed E-state index contributed by atoms with van der Waals surface area (Å²) in [6, 6.07) is 0. The lowest BCUT2D eigenvalue weighted by Gasteiger charge is -2.45. The summed E-state index contributed by atoms with van der Waals surface area (Å²) in [5, 5.41) is 15.2. The molecule has 0 amide bonds. The Balaban J connectivity index is 1.75. The number of hydrogen-bond acceptors (Lipinski definition) is 6. The fourth-order valence-corrected chi connectivity index (χ4v) is 3.99. The summed E-state index contributed by atoms with van der Waals surface area (Å²) < 4.78 is 0. The summed E-state index contributed by atoms with van der Waals surface area (Å²) >= 11 is 1.19. The first-order valence-electron chi connectivity index (χ1n) is 6.74. The summed E-state index contributed by atoms with van der Waals surface area (Å²) in [6.45, 7) is 4.12. The van der Waals surface area contributed by atoms with E-state index in [4.69, 9.17) is 0 Å². The fraction of sp³-hybridized carbons (Fsp3) is 0.750. The van der Waals surface area contributed by atoms with E-state index >= 15 is 0 Å². The lowest BCUT2D eigenvalue weighted by Crippen LogP contribution is -2.51. The summed E-state index contributed by atoms with van der Waals surface area (Å²) in [5.74, 6) is 0. The number of nitrogens with zero attached hydrogens (tertiary/aromatic N) is 3. The quantitative estimate of drug-likeness (QED) is 0.663. The van der Waals surface area contributed by atoms with Crippen LogP contribution in [0.1, 0.15) is 25.7 Å². The second kappa shape index (κ2) is 5.05. The molecule has 0 aromatic carbocycles. The third-order valence-corrected chi connectivity index (χ3v) is 5.16. The molecule has 6 nitrogen and oxygen atoms in total. The third-order valence-electron chi connectivity index (χ3n) is 4.15. The minimum absolute atomic E-state index is 0.136. The van der Waals surface area contributed by atoms with Crippen molar-refractivity contribution in [2.75, 3.05) is 31.1 Å². The standard InChI is InChI=1S/C12H18N4O2S/c17-16(18)10-7-14-11(19-10)15-6-2-4-12(9-15)3-1-5-13-8-12/h7,13H,1-6,8-9H2. The van der Waals surface area contributed by atoms with E-state index in [1.54, 1.807) is 0 Å². The average Bonchev–Trinajstić information content (AvgIpc) is 2.89. The van der Waals surface area contributed by atoms with E-state index in [0.717, 1.165) is 37.7 Å². The number of rotatable bonds is 2. The smallest absolute Gasteiger partial charge is 0.345 e. The number of thiazole rings is 1. The monoisotopic (exact) mass is 282 g/mol. The molecular formula is C12H18N4O2S. The second-order valence-corrected chi connectivity index (χ2v) is 6.53. The van der Waals surface area contributed by atoms with E-state index in [1.807, 2.05) is 0 Å². The van der Waals surface area contributed by atoms with Crippen LogP contribution in [-0.4, -0.2) is 36.1 Å². The predicted molar refractivity (Wildman–Crippen MR) is 74.8 cm³/mol. The zero-order valence-corrected chi connectivity index (χ0v) is 11.6. The molecule has 2 saturated heterocycles. The Morgan fingerprint density at radius 1 is 1.47 bits per heavy atom. The van der Waals surface area contributed by atoms with E-state index in [0.29, 0.717) is 5.41 Å². The SMILES string of the molecule is O=[N+]([O-])c1cnc(N2CCCC3(CCCNC3)C2)s1. The molecule has 19 heavy (non-hydrogen) atoms. The van der Waals surface area contributed by atoms with Gasteiger partial charge in [-0.05, 0) is 43.6 Å². The lowest BCUT2D eigenvalue weighted by molar-refractivity contribution is -0.380. The van der Waals surface area contributed by atoms with Crippen molar-refractivity contribution in [2.45, 2.75) is 25.7 Å². The number of piperidine rings is 2. The van der Waals surface area contributed by atoms with Gasteiger partial charge in [0.1, 0.15) is 6.20 Å². The third kappa shape index (κ3) is 2.57. The fourth-order valence-electron chi connectivity index (χ4n) is 3.24. The maximum absolute atomic E-state index is 10.7. The summed E-state index contributed by atoms with van der Waals surface area (Å²) in [5.41, 5.74) is 0.344. The summed E-state index contributed by atoms with van der Waals surface area (Å²) in [4.78, 5) is 16.8. The van der Waals surface area contributed by atoms with Gasteiger partial charge in [0.25, 0.3) is 0 Å². The highest BCUT2D eigenvalue weighted by molar-refractivity contribution is 7.18. The Bertz CT molecular complexity index is 465. The van der Waals surface area contributed by atoms with Crippen LogP contribution in [-0.2, 0) is 0 Å². The van der Waals surface area contributed by atoms with Crippen LogP contribution >= 0.6 is 11.3 Å². The summed E-state index contributed by atoms with van der Waals surface area (Å²) in [7, 11) is 0. The van der Waals surface area contributed by atoms with Gasteiger partial charge in [-0.2, -0.15) is 0 Å². The highest BCUT2D eigenvalue weighted by Gasteiger charge is 2.37. The predicted octanol–water partition coefficient (Wildman–Crippen LogP) is 2.02. The highest BCUT2D eigenvalue weighted by Crippen LogP contribution is 2.39. The highest BCUT2D eigenvalue weighted by atomic mass is 32.1. The van der Waals surface area contributed by atoms with Crippen LogP contribution in [0.3, 0.4) is 0 Å². The first kappa shape index (κ1) is 12.8. The Kier molecular flexibility index (Phi) is 3.40. The number of anilines is 1. The second-order valence-electron chi connectivity index (χ2n) is 5.54. The zero-order chi connectivity index (χ0) is 13.3. The van der Waals surface area contributed by atoms with E-state index in [2.05, 4.69) is 15.2 Å². The first-order chi connectivity index (χ1) is 9.19. The van der Waals surface area contributed by atoms with Crippen LogP contribution in [0.4, 0.5) is 10.1 Å². The molecule has 1 N–H and O–H groups in total. The molecule has 7 heteroatoms. The molecule has 104 valence electrons. The summed E-state index contributed by atoms with van der Waals surface area (Å²) in [6.07, 6.45) is 6.26. The number of hydrogen-bond donors (Lipinski definition) is 1. The van der Waals surface area contributed by atoms with Crippen molar-refractivity contribution < 1.29 is 4.92 Å². The van der Waals surface area contributed by atoms with Crippen molar-refractivity contribution in [1.29, 1.82) is 0 Å². The Labute approximate surface area is 116 Å². The van der Waals surface area contributed by atoms with Crippen molar-refractivity contribution in [2.24, 2.45) is 5.41 Å². The van der Waals surface area contributed by atoms with Crippen molar-refractivity contribution in [3.05, 3.63) is 16.3 Å². The largest absolute Gasteiger partial charge is 0.347 e. The van der Waals surface area contributed by atoms with Crippen LogP contribution in [0.2, 0.25) is 0 Å². The van der Waals surface area contributed by atoms with Gasteiger partial charge in [0.15, 0.2) is 5.13 Å². The molecule has 2 aliphatic rings. The molecule has 3 rings (SSSR count).